The first-order valence-corrected chi connectivity index (χ1v) is 9.11. The van der Waals surface area contributed by atoms with Crippen molar-refractivity contribution >= 4 is 22.5 Å². The summed E-state index contributed by atoms with van der Waals surface area (Å²) < 4.78 is 1.50. The molecule has 1 amide bonds. The predicted molar refractivity (Wildman–Crippen MR) is 109 cm³/mol. The molecule has 0 saturated heterocycles. The van der Waals surface area contributed by atoms with Crippen LogP contribution in [0.1, 0.15) is 38.3 Å². The fourth-order valence-electron chi connectivity index (χ4n) is 3.18. The van der Waals surface area contributed by atoms with E-state index >= 15 is 0 Å². The van der Waals surface area contributed by atoms with Gasteiger partial charge in [0.1, 0.15) is 0 Å². The van der Waals surface area contributed by atoms with Crippen LogP contribution in [0.2, 0.25) is 0 Å². The van der Waals surface area contributed by atoms with Crippen molar-refractivity contribution in [3.05, 3.63) is 70.3 Å². The number of hydrogen-bond donors (Lipinski definition) is 1. The normalized spacial score (nSPS) is 11.6. The smallest absolute Gasteiger partial charge is 0.261 e. The summed E-state index contributed by atoms with van der Waals surface area (Å²) in [5, 5.41) is 3.56. The molecule has 27 heavy (non-hydrogen) atoms. The molecular weight excluding hydrogens is 338 g/mol. The summed E-state index contributed by atoms with van der Waals surface area (Å²) in [5.74, 6) is -0.122. The molecule has 5 heteroatoms. The number of nitrogens with zero attached hydrogens (tertiary/aromatic N) is 2. The Morgan fingerprint density at radius 3 is 2.59 bits per heavy atom. The maximum atomic E-state index is 12.6. The van der Waals surface area contributed by atoms with Gasteiger partial charge in [0.25, 0.3) is 5.56 Å². The van der Waals surface area contributed by atoms with E-state index in [2.05, 4.69) is 31.1 Å². The van der Waals surface area contributed by atoms with Gasteiger partial charge in [-0.15, -0.1) is 0 Å². The van der Waals surface area contributed by atoms with Gasteiger partial charge in [0.15, 0.2) is 0 Å². The molecule has 2 aromatic carbocycles. The molecule has 3 rings (SSSR count). The Kier molecular flexibility index (Phi) is 5.13. The number of carbonyl (C=O) groups excluding carboxylic acids is 1. The number of anilines is 1. The fourth-order valence-corrected chi connectivity index (χ4v) is 3.18. The third-order valence-corrected chi connectivity index (χ3v) is 4.64. The molecule has 0 atom stereocenters. The standard InChI is InChI=1S/C22H25N3O2/c1-15-8-7-9-16-20(15)23-14-25(21(16)27)13-12-19(26)24-18-11-6-5-10-17(18)22(2,3)4/h5-11,14H,12-13H2,1-4H3,(H,24,26). The summed E-state index contributed by atoms with van der Waals surface area (Å²) in [6, 6.07) is 13.4. The highest BCUT2D eigenvalue weighted by Gasteiger charge is 2.18. The summed E-state index contributed by atoms with van der Waals surface area (Å²) in [6.45, 7) is 8.55. The third-order valence-electron chi connectivity index (χ3n) is 4.64. The van der Waals surface area contributed by atoms with E-state index in [1.54, 1.807) is 6.07 Å². The molecule has 0 aliphatic rings. The van der Waals surface area contributed by atoms with Crippen LogP contribution in [0.15, 0.2) is 53.6 Å². The lowest BCUT2D eigenvalue weighted by Crippen LogP contribution is -2.24. The lowest BCUT2D eigenvalue weighted by molar-refractivity contribution is -0.116. The Labute approximate surface area is 159 Å². The van der Waals surface area contributed by atoms with Crippen LogP contribution in [-0.2, 0) is 16.8 Å². The maximum Gasteiger partial charge on any atom is 0.261 e. The molecule has 0 radical (unpaired) electrons. The van der Waals surface area contributed by atoms with E-state index in [1.807, 2.05) is 43.3 Å². The molecule has 5 nitrogen and oxygen atoms in total. The van der Waals surface area contributed by atoms with E-state index in [0.29, 0.717) is 17.4 Å². The van der Waals surface area contributed by atoms with E-state index < -0.39 is 0 Å². The number of nitrogens with one attached hydrogen (secondary N) is 1. The Hall–Kier alpha value is -2.95. The molecule has 0 aliphatic heterocycles. The number of aryl methyl sites for hydroxylation is 2. The van der Waals surface area contributed by atoms with Crippen molar-refractivity contribution < 1.29 is 4.79 Å². The number of carbonyl (C=O) groups is 1. The molecule has 1 N–H and O–H groups in total. The number of aromatic nitrogens is 2. The molecular formula is C22H25N3O2. The van der Waals surface area contributed by atoms with Crippen LogP contribution in [-0.4, -0.2) is 15.5 Å². The van der Waals surface area contributed by atoms with Crippen LogP contribution in [0.5, 0.6) is 0 Å². The van der Waals surface area contributed by atoms with Crippen molar-refractivity contribution in [3.8, 4) is 0 Å². The number of benzene rings is 2. The lowest BCUT2D eigenvalue weighted by Gasteiger charge is -2.23. The molecule has 1 heterocycles. The lowest BCUT2D eigenvalue weighted by atomic mass is 9.86. The number of rotatable bonds is 4. The first-order valence-electron chi connectivity index (χ1n) is 9.11. The van der Waals surface area contributed by atoms with Gasteiger partial charge in [-0.05, 0) is 35.6 Å². The van der Waals surface area contributed by atoms with Crippen LogP contribution in [0.25, 0.3) is 10.9 Å². The molecule has 0 bridgehead atoms. The Morgan fingerprint density at radius 2 is 1.85 bits per heavy atom. The van der Waals surface area contributed by atoms with Crippen molar-refractivity contribution in [2.24, 2.45) is 0 Å². The van der Waals surface area contributed by atoms with Crippen LogP contribution in [0.3, 0.4) is 0 Å². The Morgan fingerprint density at radius 1 is 1.11 bits per heavy atom. The van der Waals surface area contributed by atoms with Crippen LogP contribution >= 0.6 is 0 Å². The van der Waals surface area contributed by atoms with Crippen LogP contribution in [0, 0.1) is 6.92 Å². The monoisotopic (exact) mass is 363 g/mol. The fraction of sp³-hybridized carbons (Fsp3) is 0.318. The zero-order valence-corrected chi connectivity index (χ0v) is 16.2. The summed E-state index contributed by atoms with van der Waals surface area (Å²) in [5.41, 5.74) is 3.39. The minimum Gasteiger partial charge on any atom is -0.326 e. The second-order valence-electron chi connectivity index (χ2n) is 7.81. The summed E-state index contributed by atoms with van der Waals surface area (Å²) in [6.07, 6.45) is 1.73. The number of amides is 1. The zero-order chi connectivity index (χ0) is 19.6. The van der Waals surface area contributed by atoms with Crippen LogP contribution < -0.4 is 10.9 Å². The summed E-state index contributed by atoms with van der Waals surface area (Å²) >= 11 is 0. The van der Waals surface area contributed by atoms with Gasteiger partial charge in [0.05, 0.1) is 17.2 Å². The van der Waals surface area contributed by atoms with Gasteiger partial charge < -0.3 is 5.32 Å². The van der Waals surface area contributed by atoms with Crippen molar-refractivity contribution in [1.29, 1.82) is 0 Å². The highest BCUT2D eigenvalue weighted by Crippen LogP contribution is 2.29. The topological polar surface area (TPSA) is 64.0 Å². The van der Waals surface area contributed by atoms with E-state index in [9.17, 15) is 9.59 Å². The van der Waals surface area contributed by atoms with Crippen molar-refractivity contribution in [1.82, 2.24) is 9.55 Å². The second-order valence-corrected chi connectivity index (χ2v) is 7.81. The van der Waals surface area contributed by atoms with E-state index in [1.165, 1.54) is 10.9 Å². The number of fused-ring (bicyclic) bond motifs is 1. The Balaban J connectivity index is 1.75. The van der Waals surface area contributed by atoms with Crippen molar-refractivity contribution in [3.63, 3.8) is 0 Å². The second kappa shape index (κ2) is 7.35. The van der Waals surface area contributed by atoms with E-state index in [4.69, 9.17) is 0 Å². The molecule has 0 unspecified atom stereocenters. The zero-order valence-electron chi connectivity index (χ0n) is 16.2. The quantitative estimate of drug-likeness (QED) is 0.761. The van der Waals surface area contributed by atoms with Crippen molar-refractivity contribution in [2.75, 3.05) is 5.32 Å². The third kappa shape index (κ3) is 4.08. The summed E-state index contributed by atoms with van der Waals surface area (Å²) in [4.78, 5) is 29.5. The molecule has 0 spiro atoms. The average Bonchev–Trinajstić information content (AvgIpc) is 2.61. The highest BCUT2D eigenvalue weighted by atomic mass is 16.2. The SMILES string of the molecule is Cc1cccc2c(=O)n(CCC(=O)Nc3ccccc3C(C)(C)C)cnc12. The first-order chi connectivity index (χ1) is 12.8. The van der Waals surface area contributed by atoms with Gasteiger partial charge >= 0.3 is 0 Å². The summed E-state index contributed by atoms with van der Waals surface area (Å²) in [7, 11) is 0. The molecule has 140 valence electrons. The first kappa shape index (κ1) is 18.8. The van der Waals surface area contributed by atoms with Gasteiger partial charge in [-0.3, -0.25) is 14.2 Å². The number of hydrogen-bond acceptors (Lipinski definition) is 3. The van der Waals surface area contributed by atoms with E-state index in [-0.39, 0.29) is 23.3 Å². The predicted octanol–water partition coefficient (Wildman–Crippen LogP) is 4.03. The highest BCUT2D eigenvalue weighted by molar-refractivity contribution is 5.91. The minimum absolute atomic E-state index is 0.0685. The van der Waals surface area contributed by atoms with E-state index in [0.717, 1.165) is 16.8 Å². The molecule has 0 saturated carbocycles. The van der Waals surface area contributed by atoms with Gasteiger partial charge in [0.2, 0.25) is 5.91 Å². The number of para-hydroxylation sites is 2. The average molecular weight is 363 g/mol. The molecule has 0 fully saturated rings. The van der Waals surface area contributed by atoms with Gasteiger partial charge in [-0.2, -0.15) is 0 Å². The van der Waals surface area contributed by atoms with Crippen LogP contribution in [0.4, 0.5) is 5.69 Å². The largest absolute Gasteiger partial charge is 0.326 e. The van der Waals surface area contributed by atoms with Gasteiger partial charge in [0, 0.05) is 18.7 Å². The molecule has 1 aromatic heterocycles. The molecule has 3 aromatic rings. The molecule has 0 aliphatic carbocycles. The maximum absolute atomic E-state index is 12.6. The van der Waals surface area contributed by atoms with Crippen molar-refractivity contribution in [2.45, 2.75) is 46.1 Å². The minimum atomic E-state index is -0.122. The van der Waals surface area contributed by atoms with Gasteiger partial charge in [-0.25, -0.2) is 4.98 Å². The Bertz CT molecular complexity index is 1050. The van der Waals surface area contributed by atoms with Gasteiger partial charge in [-0.1, -0.05) is 51.1 Å².